The Morgan fingerprint density at radius 1 is 1.33 bits per heavy atom. The molecule has 1 aliphatic heterocycles. The van der Waals surface area contributed by atoms with Crippen molar-refractivity contribution in [2.45, 2.75) is 26.3 Å². The number of carbonyl (C=O) groups is 2. The standard InChI is InChI=1S/C16H18Br2N2O4/c1-4-5-24-15(21)12-8(2)19-16(22)20-13(12)10-6-9(17)7-11(18)14(10)23-3/h6-7,13H,4-5H2,1-3H3,(H2,19,20,22). The summed E-state index contributed by atoms with van der Waals surface area (Å²) in [6.07, 6.45) is 0.717. The van der Waals surface area contributed by atoms with Crippen LogP contribution in [-0.2, 0) is 9.53 Å². The maximum absolute atomic E-state index is 12.5. The van der Waals surface area contributed by atoms with Gasteiger partial charge in [0.2, 0.25) is 0 Å². The number of amides is 2. The van der Waals surface area contributed by atoms with Crippen molar-refractivity contribution in [1.82, 2.24) is 10.6 Å². The largest absolute Gasteiger partial charge is 0.495 e. The summed E-state index contributed by atoms with van der Waals surface area (Å²) in [5, 5.41) is 5.39. The highest BCUT2D eigenvalue weighted by Crippen LogP contribution is 2.40. The molecule has 0 fully saturated rings. The van der Waals surface area contributed by atoms with E-state index in [1.54, 1.807) is 13.0 Å². The van der Waals surface area contributed by atoms with E-state index < -0.39 is 12.0 Å². The Morgan fingerprint density at radius 2 is 2.04 bits per heavy atom. The van der Waals surface area contributed by atoms with Crippen molar-refractivity contribution < 1.29 is 19.1 Å². The number of esters is 1. The predicted molar refractivity (Wildman–Crippen MR) is 96.8 cm³/mol. The third-order valence-corrected chi connectivity index (χ3v) is 4.53. The molecule has 1 heterocycles. The lowest BCUT2D eigenvalue weighted by Crippen LogP contribution is -2.45. The Hall–Kier alpha value is -1.54. The number of halogens is 2. The highest BCUT2D eigenvalue weighted by atomic mass is 79.9. The molecule has 0 spiro atoms. The summed E-state index contributed by atoms with van der Waals surface area (Å²) < 4.78 is 12.2. The SMILES string of the molecule is CCCOC(=O)C1=C(C)NC(=O)NC1c1cc(Br)cc(Br)c1OC. The van der Waals surface area contributed by atoms with Gasteiger partial charge in [-0.3, -0.25) is 0 Å². The first-order valence-electron chi connectivity index (χ1n) is 7.37. The van der Waals surface area contributed by atoms with E-state index in [9.17, 15) is 9.59 Å². The fourth-order valence-corrected chi connectivity index (χ4v) is 3.90. The quantitative estimate of drug-likeness (QED) is 0.654. The zero-order chi connectivity index (χ0) is 17.9. The van der Waals surface area contributed by atoms with Gasteiger partial charge in [0.15, 0.2) is 0 Å². The molecule has 2 rings (SSSR count). The molecular weight excluding hydrogens is 444 g/mol. The van der Waals surface area contributed by atoms with E-state index >= 15 is 0 Å². The summed E-state index contributed by atoms with van der Waals surface area (Å²) in [5.41, 5.74) is 1.46. The van der Waals surface area contributed by atoms with Crippen LogP contribution in [0.15, 0.2) is 32.3 Å². The molecule has 0 saturated heterocycles. The number of urea groups is 1. The number of carbonyl (C=O) groups excluding carboxylic acids is 2. The number of benzene rings is 1. The summed E-state index contributed by atoms with van der Waals surface area (Å²) in [5.74, 6) is 0.0731. The van der Waals surface area contributed by atoms with E-state index in [4.69, 9.17) is 9.47 Å². The summed E-state index contributed by atoms with van der Waals surface area (Å²) in [7, 11) is 1.53. The van der Waals surface area contributed by atoms with Crippen LogP contribution in [0.25, 0.3) is 0 Å². The minimum absolute atomic E-state index is 0.315. The molecule has 1 unspecified atom stereocenters. The average Bonchev–Trinajstić information content (AvgIpc) is 2.51. The molecule has 6 nitrogen and oxygen atoms in total. The van der Waals surface area contributed by atoms with E-state index in [1.165, 1.54) is 7.11 Å². The van der Waals surface area contributed by atoms with Crippen LogP contribution in [0.1, 0.15) is 31.9 Å². The molecule has 0 saturated carbocycles. The van der Waals surface area contributed by atoms with Crippen molar-refractivity contribution in [2.24, 2.45) is 0 Å². The second kappa shape index (κ2) is 8.02. The van der Waals surface area contributed by atoms with Crippen LogP contribution >= 0.6 is 31.9 Å². The topological polar surface area (TPSA) is 76.7 Å². The molecular formula is C16H18Br2N2O4. The first kappa shape index (κ1) is 18.8. The molecule has 8 heteroatoms. The van der Waals surface area contributed by atoms with E-state index in [2.05, 4.69) is 42.5 Å². The van der Waals surface area contributed by atoms with Crippen molar-refractivity contribution in [2.75, 3.05) is 13.7 Å². The van der Waals surface area contributed by atoms with Crippen molar-refractivity contribution >= 4 is 43.9 Å². The molecule has 1 atom stereocenters. The van der Waals surface area contributed by atoms with Gasteiger partial charge in [-0.1, -0.05) is 22.9 Å². The maximum Gasteiger partial charge on any atom is 0.338 e. The molecule has 2 amide bonds. The van der Waals surface area contributed by atoms with Gasteiger partial charge < -0.3 is 20.1 Å². The molecule has 1 aromatic carbocycles. The van der Waals surface area contributed by atoms with Gasteiger partial charge in [-0.25, -0.2) is 9.59 Å². The Kier molecular flexibility index (Phi) is 6.28. The highest BCUT2D eigenvalue weighted by Gasteiger charge is 2.34. The molecule has 1 aliphatic rings. The predicted octanol–water partition coefficient (Wildman–Crippen LogP) is 3.80. The molecule has 2 N–H and O–H groups in total. The fraction of sp³-hybridized carbons (Fsp3) is 0.375. The zero-order valence-corrected chi connectivity index (χ0v) is 16.7. The monoisotopic (exact) mass is 460 g/mol. The smallest absolute Gasteiger partial charge is 0.338 e. The van der Waals surface area contributed by atoms with Crippen LogP contribution < -0.4 is 15.4 Å². The van der Waals surface area contributed by atoms with Gasteiger partial charge in [0.05, 0.1) is 29.8 Å². The van der Waals surface area contributed by atoms with E-state index in [1.807, 2.05) is 13.0 Å². The normalized spacial score (nSPS) is 17.2. The second-order valence-electron chi connectivity index (χ2n) is 5.22. The molecule has 0 bridgehead atoms. The van der Waals surface area contributed by atoms with Gasteiger partial charge in [-0.05, 0) is 41.4 Å². The fourth-order valence-electron chi connectivity index (χ4n) is 2.48. The Morgan fingerprint density at radius 3 is 2.67 bits per heavy atom. The van der Waals surface area contributed by atoms with Crippen LogP contribution in [0, 0.1) is 0 Å². The summed E-state index contributed by atoms with van der Waals surface area (Å²) in [4.78, 5) is 24.4. The highest BCUT2D eigenvalue weighted by molar-refractivity contribution is 9.11. The van der Waals surface area contributed by atoms with E-state index in [-0.39, 0.29) is 6.03 Å². The summed E-state index contributed by atoms with van der Waals surface area (Å²) >= 11 is 6.86. The minimum atomic E-state index is -0.674. The lowest BCUT2D eigenvalue weighted by Gasteiger charge is -2.29. The summed E-state index contributed by atoms with van der Waals surface area (Å²) in [6.45, 7) is 3.91. The minimum Gasteiger partial charge on any atom is -0.495 e. The lowest BCUT2D eigenvalue weighted by molar-refractivity contribution is -0.139. The number of ether oxygens (including phenoxy) is 2. The number of hydrogen-bond acceptors (Lipinski definition) is 4. The van der Waals surface area contributed by atoms with Gasteiger partial charge in [-0.2, -0.15) is 0 Å². The van der Waals surface area contributed by atoms with Gasteiger partial charge in [0, 0.05) is 15.7 Å². The maximum atomic E-state index is 12.5. The Balaban J connectivity index is 2.55. The molecule has 0 aliphatic carbocycles. The lowest BCUT2D eigenvalue weighted by atomic mass is 9.95. The number of nitrogens with one attached hydrogen (secondary N) is 2. The van der Waals surface area contributed by atoms with Crippen LogP contribution in [-0.4, -0.2) is 25.7 Å². The van der Waals surface area contributed by atoms with Crippen LogP contribution in [0.2, 0.25) is 0 Å². The van der Waals surface area contributed by atoms with Gasteiger partial charge in [0.25, 0.3) is 0 Å². The molecule has 130 valence electrons. The van der Waals surface area contributed by atoms with Crippen LogP contribution in [0.4, 0.5) is 4.79 Å². The van der Waals surface area contributed by atoms with Crippen molar-refractivity contribution in [3.8, 4) is 5.75 Å². The van der Waals surface area contributed by atoms with Crippen LogP contribution in [0.3, 0.4) is 0 Å². The average molecular weight is 462 g/mol. The number of rotatable bonds is 5. The molecule has 1 aromatic rings. The first-order valence-corrected chi connectivity index (χ1v) is 8.96. The first-order chi connectivity index (χ1) is 11.4. The summed E-state index contributed by atoms with van der Waals surface area (Å²) in [6, 6.07) is 2.58. The molecule has 0 radical (unpaired) electrons. The number of methoxy groups -OCH3 is 1. The van der Waals surface area contributed by atoms with Crippen molar-refractivity contribution in [3.05, 3.63) is 37.9 Å². The molecule has 24 heavy (non-hydrogen) atoms. The number of hydrogen-bond donors (Lipinski definition) is 2. The zero-order valence-electron chi connectivity index (χ0n) is 13.5. The van der Waals surface area contributed by atoms with E-state index in [0.29, 0.717) is 40.1 Å². The second-order valence-corrected chi connectivity index (χ2v) is 6.99. The van der Waals surface area contributed by atoms with E-state index in [0.717, 1.165) is 4.47 Å². The van der Waals surface area contributed by atoms with Gasteiger partial charge >= 0.3 is 12.0 Å². The van der Waals surface area contributed by atoms with Crippen molar-refractivity contribution in [3.63, 3.8) is 0 Å². The van der Waals surface area contributed by atoms with Crippen molar-refractivity contribution in [1.29, 1.82) is 0 Å². The van der Waals surface area contributed by atoms with Gasteiger partial charge in [-0.15, -0.1) is 0 Å². The number of allylic oxidation sites excluding steroid dienone is 1. The third-order valence-electron chi connectivity index (χ3n) is 3.48. The molecule has 0 aromatic heterocycles. The Bertz CT molecular complexity index is 704. The van der Waals surface area contributed by atoms with Gasteiger partial charge in [0.1, 0.15) is 5.75 Å². The van der Waals surface area contributed by atoms with Crippen LogP contribution in [0.5, 0.6) is 5.75 Å². The third kappa shape index (κ3) is 3.92. The Labute approximate surface area is 157 Å².